The smallest absolute Gasteiger partial charge is 0.264 e. The van der Waals surface area contributed by atoms with Crippen LogP contribution in [0.5, 0.6) is 5.75 Å². The Kier molecular flexibility index (Phi) is 10.5. The van der Waals surface area contributed by atoms with Crippen LogP contribution in [-0.2, 0) is 26.2 Å². The minimum Gasteiger partial charge on any atom is -0.495 e. The van der Waals surface area contributed by atoms with Gasteiger partial charge in [0.2, 0.25) is 11.8 Å². The van der Waals surface area contributed by atoms with Crippen LogP contribution in [0, 0.1) is 11.7 Å². The molecule has 0 fully saturated rings. The molecular weight excluding hydrogens is 557 g/mol. The van der Waals surface area contributed by atoms with Gasteiger partial charge < -0.3 is 15.0 Å². The fraction of sp³-hybridized carbons (Fsp3) is 0.310. The topological polar surface area (TPSA) is 96.0 Å². The summed E-state index contributed by atoms with van der Waals surface area (Å²) in [4.78, 5) is 28.1. The molecule has 0 aromatic heterocycles. The van der Waals surface area contributed by atoms with Crippen molar-refractivity contribution in [3.05, 3.63) is 89.2 Å². The molecule has 0 aliphatic rings. The lowest BCUT2D eigenvalue weighted by Gasteiger charge is -2.32. The van der Waals surface area contributed by atoms with Crippen molar-refractivity contribution >= 4 is 39.1 Å². The SMILES string of the molecule is COc1ccc(Cl)cc1N(CC(=O)N(Cc1ccccc1F)[C@H](C)C(=O)NCC(C)C)S(=O)(=O)c1ccccc1. The Morgan fingerprint density at radius 3 is 2.27 bits per heavy atom. The number of carbonyl (C=O) groups is 2. The van der Waals surface area contributed by atoms with Crippen molar-refractivity contribution in [2.75, 3.05) is 24.5 Å². The highest BCUT2D eigenvalue weighted by Gasteiger charge is 2.34. The summed E-state index contributed by atoms with van der Waals surface area (Å²) in [6.45, 7) is 4.79. The number of ether oxygens (including phenoxy) is 1. The van der Waals surface area contributed by atoms with Gasteiger partial charge in [0.1, 0.15) is 24.2 Å². The van der Waals surface area contributed by atoms with Crippen LogP contribution in [0.25, 0.3) is 0 Å². The molecule has 8 nitrogen and oxygen atoms in total. The Morgan fingerprint density at radius 2 is 1.65 bits per heavy atom. The van der Waals surface area contributed by atoms with Gasteiger partial charge >= 0.3 is 0 Å². The van der Waals surface area contributed by atoms with Crippen molar-refractivity contribution in [2.45, 2.75) is 38.3 Å². The molecule has 0 aliphatic heterocycles. The van der Waals surface area contributed by atoms with E-state index in [9.17, 15) is 22.4 Å². The third kappa shape index (κ3) is 7.51. The first-order valence-electron chi connectivity index (χ1n) is 12.7. The summed E-state index contributed by atoms with van der Waals surface area (Å²) in [5, 5.41) is 3.01. The van der Waals surface area contributed by atoms with Crippen molar-refractivity contribution < 1.29 is 27.1 Å². The largest absolute Gasteiger partial charge is 0.495 e. The highest BCUT2D eigenvalue weighted by Crippen LogP contribution is 2.35. The Labute approximate surface area is 239 Å². The number of hydrogen-bond donors (Lipinski definition) is 1. The molecule has 11 heteroatoms. The van der Waals surface area contributed by atoms with Crippen molar-refractivity contribution in [1.29, 1.82) is 0 Å². The van der Waals surface area contributed by atoms with Crippen LogP contribution >= 0.6 is 11.6 Å². The lowest BCUT2D eigenvalue weighted by Crippen LogP contribution is -2.51. The number of nitrogens with zero attached hydrogens (tertiary/aromatic N) is 2. The van der Waals surface area contributed by atoms with Gasteiger partial charge in [0, 0.05) is 23.7 Å². The molecule has 40 heavy (non-hydrogen) atoms. The zero-order chi connectivity index (χ0) is 29.4. The maximum atomic E-state index is 14.6. The Hall–Kier alpha value is -3.63. The summed E-state index contributed by atoms with van der Waals surface area (Å²) in [6, 6.07) is 16.9. The molecule has 3 rings (SSSR count). The average molecular weight is 590 g/mol. The van der Waals surface area contributed by atoms with Crippen LogP contribution in [0.4, 0.5) is 10.1 Å². The quantitative estimate of drug-likeness (QED) is 0.325. The number of amides is 2. The summed E-state index contributed by atoms with van der Waals surface area (Å²) < 4.78 is 48.7. The van der Waals surface area contributed by atoms with E-state index in [0.717, 1.165) is 4.31 Å². The number of carbonyl (C=O) groups excluding carboxylic acids is 2. The first-order chi connectivity index (χ1) is 18.9. The first-order valence-corrected chi connectivity index (χ1v) is 14.5. The van der Waals surface area contributed by atoms with Gasteiger partial charge in [0.25, 0.3) is 10.0 Å². The molecule has 0 saturated carbocycles. The minimum atomic E-state index is -4.31. The highest BCUT2D eigenvalue weighted by molar-refractivity contribution is 7.92. The van der Waals surface area contributed by atoms with Gasteiger partial charge in [-0.1, -0.05) is 61.8 Å². The van der Waals surface area contributed by atoms with Gasteiger partial charge in [-0.25, -0.2) is 12.8 Å². The zero-order valence-corrected chi connectivity index (χ0v) is 24.4. The van der Waals surface area contributed by atoms with Gasteiger partial charge in [-0.05, 0) is 49.2 Å². The summed E-state index contributed by atoms with van der Waals surface area (Å²) >= 11 is 6.22. The van der Waals surface area contributed by atoms with E-state index in [1.54, 1.807) is 24.3 Å². The standard InChI is InChI=1S/C29H33ClFN3O5S/c1-20(2)17-32-29(36)21(3)33(18-22-10-8-9-13-25(22)31)28(35)19-34(26-16-23(30)14-15-27(26)39-4)40(37,38)24-11-6-5-7-12-24/h5-16,20-21H,17-19H2,1-4H3,(H,32,36)/t21-/m1/s1. The number of anilines is 1. The maximum Gasteiger partial charge on any atom is 0.264 e. The van der Waals surface area contributed by atoms with Crippen LogP contribution < -0.4 is 14.4 Å². The molecule has 2 amide bonds. The Balaban J connectivity index is 2.08. The number of methoxy groups -OCH3 is 1. The molecule has 3 aromatic rings. The lowest BCUT2D eigenvalue weighted by atomic mass is 10.1. The molecule has 0 saturated heterocycles. The normalized spacial score (nSPS) is 12.1. The van der Waals surface area contributed by atoms with E-state index >= 15 is 0 Å². The average Bonchev–Trinajstić information content (AvgIpc) is 2.94. The van der Waals surface area contributed by atoms with E-state index in [2.05, 4.69) is 5.32 Å². The van der Waals surface area contributed by atoms with Crippen LogP contribution in [0.15, 0.2) is 77.7 Å². The van der Waals surface area contributed by atoms with E-state index < -0.39 is 40.2 Å². The number of sulfonamides is 1. The van der Waals surface area contributed by atoms with Gasteiger partial charge in [-0.3, -0.25) is 13.9 Å². The summed E-state index contributed by atoms with van der Waals surface area (Å²) in [6.07, 6.45) is 0. The second kappa shape index (κ2) is 13.6. The van der Waals surface area contributed by atoms with E-state index in [1.807, 2.05) is 13.8 Å². The van der Waals surface area contributed by atoms with Gasteiger partial charge in [-0.2, -0.15) is 0 Å². The lowest BCUT2D eigenvalue weighted by molar-refractivity contribution is -0.139. The van der Waals surface area contributed by atoms with Crippen LogP contribution in [0.1, 0.15) is 26.3 Å². The molecule has 0 aliphatic carbocycles. The number of benzene rings is 3. The van der Waals surface area contributed by atoms with Gasteiger partial charge in [-0.15, -0.1) is 0 Å². The molecule has 0 bridgehead atoms. The molecule has 0 unspecified atom stereocenters. The third-order valence-electron chi connectivity index (χ3n) is 6.17. The molecule has 3 aromatic carbocycles. The van der Waals surface area contributed by atoms with E-state index in [-0.39, 0.29) is 39.4 Å². The monoisotopic (exact) mass is 589 g/mol. The zero-order valence-electron chi connectivity index (χ0n) is 22.8. The number of hydrogen-bond acceptors (Lipinski definition) is 5. The van der Waals surface area contributed by atoms with Gasteiger partial charge in [0.15, 0.2) is 0 Å². The molecule has 0 heterocycles. The van der Waals surface area contributed by atoms with E-state index in [0.29, 0.717) is 6.54 Å². The summed E-state index contributed by atoms with van der Waals surface area (Å²) in [5.41, 5.74) is 0.215. The van der Waals surface area contributed by atoms with E-state index in [4.69, 9.17) is 16.3 Å². The van der Waals surface area contributed by atoms with E-state index in [1.165, 1.54) is 67.5 Å². The predicted molar refractivity (Wildman–Crippen MR) is 153 cm³/mol. The van der Waals surface area contributed by atoms with Gasteiger partial charge in [0.05, 0.1) is 17.7 Å². The summed E-state index contributed by atoms with van der Waals surface area (Å²) in [5.74, 6) is -1.40. The second-order valence-corrected chi connectivity index (χ2v) is 11.9. The fourth-order valence-corrected chi connectivity index (χ4v) is 5.54. The predicted octanol–water partition coefficient (Wildman–Crippen LogP) is 4.87. The van der Waals surface area contributed by atoms with Crippen molar-refractivity contribution in [3.8, 4) is 5.75 Å². The Morgan fingerprint density at radius 1 is 1.00 bits per heavy atom. The molecule has 214 valence electrons. The van der Waals surface area contributed by atoms with Crippen molar-refractivity contribution in [3.63, 3.8) is 0 Å². The van der Waals surface area contributed by atoms with Crippen molar-refractivity contribution in [2.24, 2.45) is 5.92 Å². The number of nitrogens with one attached hydrogen (secondary N) is 1. The first kappa shape index (κ1) is 30.9. The van der Waals surface area contributed by atoms with Crippen molar-refractivity contribution in [1.82, 2.24) is 10.2 Å². The van der Waals surface area contributed by atoms with Crippen LogP contribution in [-0.4, -0.2) is 51.4 Å². The molecular formula is C29H33ClFN3O5S. The Bertz CT molecular complexity index is 1440. The number of halogens is 2. The third-order valence-corrected chi connectivity index (χ3v) is 8.18. The maximum absolute atomic E-state index is 14.6. The molecule has 1 N–H and O–H groups in total. The van der Waals surface area contributed by atoms with Crippen LogP contribution in [0.3, 0.4) is 0 Å². The minimum absolute atomic E-state index is 0.0370. The fourth-order valence-electron chi connectivity index (χ4n) is 3.94. The highest BCUT2D eigenvalue weighted by atomic mass is 35.5. The summed E-state index contributed by atoms with van der Waals surface area (Å²) in [7, 11) is -2.94. The number of rotatable bonds is 12. The van der Waals surface area contributed by atoms with Crippen LogP contribution in [0.2, 0.25) is 5.02 Å². The second-order valence-electron chi connectivity index (χ2n) is 9.57. The molecule has 0 spiro atoms. The molecule has 0 radical (unpaired) electrons. The molecule has 1 atom stereocenters.